The van der Waals surface area contributed by atoms with Crippen molar-refractivity contribution in [1.29, 1.82) is 0 Å². The molecule has 0 unspecified atom stereocenters. The standard InChI is InChI=1S/C26H23F3N6O3S/c1-36-12-25-7-20(25)26(11-27,35-24(30)39-25)18-5-15(6-19(28)21(18)29)34-23-22-14(2-3-32-23)4-16(9-33-22)37-10-17-8-31-13-38-17/h2-6,8-9,13,20H,7,10-12H2,1H3,(H2,30,35)(H,32,34)/t20-,25-,26-/m1/s1. The van der Waals surface area contributed by atoms with Crippen molar-refractivity contribution in [2.24, 2.45) is 16.6 Å². The summed E-state index contributed by atoms with van der Waals surface area (Å²) in [4.78, 5) is 16.9. The summed E-state index contributed by atoms with van der Waals surface area (Å²) in [5.74, 6) is -1.39. The lowest BCUT2D eigenvalue weighted by atomic mass is 9.84. The maximum Gasteiger partial charge on any atom is 0.181 e. The van der Waals surface area contributed by atoms with E-state index < -0.39 is 34.5 Å². The van der Waals surface area contributed by atoms with Crippen LogP contribution >= 0.6 is 11.8 Å². The van der Waals surface area contributed by atoms with E-state index in [1.807, 2.05) is 0 Å². The van der Waals surface area contributed by atoms with E-state index in [9.17, 15) is 8.78 Å². The number of oxazole rings is 1. The van der Waals surface area contributed by atoms with Crippen molar-refractivity contribution < 1.29 is 27.1 Å². The molecule has 9 nitrogen and oxygen atoms in total. The summed E-state index contributed by atoms with van der Waals surface area (Å²) in [6.45, 7) is -0.581. The van der Waals surface area contributed by atoms with Crippen LogP contribution in [0.15, 0.2) is 58.7 Å². The molecule has 0 bridgehead atoms. The van der Waals surface area contributed by atoms with Gasteiger partial charge in [-0.3, -0.25) is 0 Å². The monoisotopic (exact) mass is 556 g/mol. The number of rotatable bonds is 9. The fraction of sp³-hybridized carbons (Fsp3) is 0.308. The van der Waals surface area contributed by atoms with Gasteiger partial charge in [-0.25, -0.2) is 33.1 Å². The third-order valence-electron chi connectivity index (χ3n) is 7.01. The molecule has 3 aromatic heterocycles. The van der Waals surface area contributed by atoms with Crippen LogP contribution in [-0.4, -0.2) is 45.3 Å². The van der Waals surface area contributed by atoms with Gasteiger partial charge in [0.15, 0.2) is 34.8 Å². The average molecular weight is 557 g/mol. The molecule has 0 radical (unpaired) electrons. The van der Waals surface area contributed by atoms with Crippen LogP contribution in [0.4, 0.5) is 24.7 Å². The highest BCUT2D eigenvalue weighted by molar-refractivity contribution is 8.15. The van der Waals surface area contributed by atoms with Crippen LogP contribution in [0.5, 0.6) is 5.75 Å². The normalized spacial score (nSPS) is 23.8. The van der Waals surface area contributed by atoms with Gasteiger partial charge in [0.1, 0.15) is 30.1 Å². The number of benzene rings is 1. The van der Waals surface area contributed by atoms with Gasteiger partial charge in [-0.1, -0.05) is 11.8 Å². The van der Waals surface area contributed by atoms with Gasteiger partial charge in [0.25, 0.3) is 0 Å². The van der Waals surface area contributed by atoms with Crippen LogP contribution in [0.2, 0.25) is 0 Å². The number of alkyl halides is 1. The fourth-order valence-corrected chi connectivity index (χ4v) is 6.57. The second-order valence-corrected chi connectivity index (χ2v) is 10.9. The van der Waals surface area contributed by atoms with E-state index in [0.29, 0.717) is 34.7 Å². The summed E-state index contributed by atoms with van der Waals surface area (Å²) < 4.78 is 60.7. The summed E-state index contributed by atoms with van der Waals surface area (Å²) in [6.07, 6.45) is 6.43. The molecule has 0 saturated heterocycles. The van der Waals surface area contributed by atoms with Crippen LogP contribution < -0.4 is 15.8 Å². The molecule has 4 heterocycles. The fourth-order valence-electron chi connectivity index (χ4n) is 5.18. The number of pyridine rings is 2. The average Bonchev–Trinajstić information content (AvgIpc) is 3.39. The van der Waals surface area contributed by atoms with E-state index in [1.54, 1.807) is 24.5 Å². The van der Waals surface area contributed by atoms with Gasteiger partial charge in [0.05, 0.1) is 23.7 Å². The van der Waals surface area contributed by atoms with Gasteiger partial charge in [-0.15, -0.1) is 0 Å². The Hall–Kier alpha value is -3.84. The van der Waals surface area contributed by atoms with Crippen molar-refractivity contribution >= 4 is 39.3 Å². The lowest BCUT2D eigenvalue weighted by Crippen LogP contribution is -2.41. The molecule has 39 heavy (non-hydrogen) atoms. The minimum Gasteiger partial charge on any atom is -0.484 e. The van der Waals surface area contributed by atoms with Crippen LogP contribution in [0, 0.1) is 17.6 Å². The van der Waals surface area contributed by atoms with Crippen LogP contribution in [0.3, 0.4) is 0 Å². The Balaban J connectivity index is 1.33. The number of amidine groups is 1. The van der Waals surface area contributed by atoms with Crippen molar-refractivity contribution in [1.82, 2.24) is 15.0 Å². The van der Waals surface area contributed by atoms with E-state index in [-0.39, 0.29) is 29.6 Å². The molecule has 6 rings (SSSR count). The minimum absolute atomic E-state index is 0.109. The molecule has 13 heteroatoms. The Morgan fingerprint density at radius 2 is 2.10 bits per heavy atom. The Labute approximate surface area is 225 Å². The van der Waals surface area contributed by atoms with Gasteiger partial charge in [0, 0.05) is 41.9 Å². The largest absolute Gasteiger partial charge is 0.484 e. The van der Waals surface area contributed by atoms with Gasteiger partial charge in [-0.05, 0) is 24.6 Å². The third kappa shape index (κ3) is 4.44. The first-order valence-electron chi connectivity index (χ1n) is 12.0. The topological polar surface area (TPSA) is 121 Å². The molecule has 1 aliphatic heterocycles. The maximum atomic E-state index is 15.3. The van der Waals surface area contributed by atoms with Crippen LogP contribution in [0.1, 0.15) is 17.7 Å². The SMILES string of the molecule is COC[C@]12C[C@H]1[C@@](CF)(c1cc(Nc3nccc4cc(OCc5cnco5)cnc34)cc(F)c1F)N=C(N)S2. The predicted octanol–water partition coefficient (Wildman–Crippen LogP) is 4.85. The zero-order valence-electron chi connectivity index (χ0n) is 20.7. The highest BCUT2D eigenvalue weighted by Crippen LogP contribution is 2.66. The first-order valence-corrected chi connectivity index (χ1v) is 12.8. The summed E-state index contributed by atoms with van der Waals surface area (Å²) in [5, 5.41) is 3.81. The number of methoxy groups -OCH3 is 1. The number of aliphatic imine (C=N–C) groups is 1. The van der Waals surface area contributed by atoms with E-state index in [0.717, 1.165) is 6.07 Å². The number of aromatic nitrogens is 3. The van der Waals surface area contributed by atoms with E-state index >= 15 is 4.39 Å². The number of hydrogen-bond acceptors (Lipinski definition) is 10. The summed E-state index contributed by atoms with van der Waals surface area (Å²) in [5.41, 5.74) is 4.80. The minimum atomic E-state index is -1.67. The molecule has 2 aliphatic rings. The number of hydrogen-bond donors (Lipinski definition) is 2. The Bertz CT molecular complexity index is 1570. The number of ether oxygens (including phenoxy) is 2. The molecule has 1 aromatic carbocycles. The highest BCUT2D eigenvalue weighted by Gasteiger charge is 2.68. The first-order chi connectivity index (χ1) is 18.9. The van der Waals surface area contributed by atoms with E-state index in [2.05, 4.69) is 25.3 Å². The third-order valence-corrected chi connectivity index (χ3v) is 8.28. The van der Waals surface area contributed by atoms with Crippen LogP contribution in [-0.2, 0) is 16.9 Å². The van der Waals surface area contributed by atoms with E-state index in [1.165, 1.54) is 37.5 Å². The number of thioether (sulfide) groups is 1. The lowest BCUT2D eigenvalue weighted by Gasteiger charge is -2.35. The lowest BCUT2D eigenvalue weighted by molar-refractivity contribution is 0.176. The second-order valence-electron chi connectivity index (χ2n) is 9.47. The summed E-state index contributed by atoms with van der Waals surface area (Å²) in [6, 6.07) is 5.85. The summed E-state index contributed by atoms with van der Waals surface area (Å²) in [7, 11) is 1.53. The van der Waals surface area contributed by atoms with Crippen molar-refractivity contribution in [2.45, 2.75) is 23.3 Å². The molecule has 1 aliphatic carbocycles. The number of nitrogens with one attached hydrogen (secondary N) is 1. The maximum absolute atomic E-state index is 15.3. The van der Waals surface area contributed by atoms with Gasteiger partial charge in [0.2, 0.25) is 0 Å². The number of anilines is 2. The van der Waals surface area contributed by atoms with Crippen molar-refractivity contribution in [2.75, 3.05) is 25.7 Å². The molecular formula is C26H23F3N6O3S. The predicted molar refractivity (Wildman–Crippen MR) is 140 cm³/mol. The molecule has 3 N–H and O–H groups in total. The van der Waals surface area contributed by atoms with Crippen LogP contribution in [0.25, 0.3) is 10.9 Å². The molecule has 0 amide bonds. The zero-order chi connectivity index (χ0) is 27.2. The first kappa shape index (κ1) is 25.4. The molecule has 3 atom stereocenters. The highest BCUT2D eigenvalue weighted by atomic mass is 32.2. The zero-order valence-corrected chi connectivity index (χ0v) is 21.5. The van der Waals surface area contributed by atoms with Crippen molar-refractivity contribution in [3.8, 4) is 5.75 Å². The quantitative estimate of drug-likeness (QED) is 0.298. The summed E-state index contributed by atoms with van der Waals surface area (Å²) >= 11 is 1.29. The van der Waals surface area contributed by atoms with E-state index in [4.69, 9.17) is 19.6 Å². The number of fused-ring (bicyclic) bond motifs is 2. The van der Waals surface area contributed by atoms with Crippen molar-refractivity contribution in [3.05, 3.63) is 72.2 Å². The van der Waals surface area contributed by atoms with Gasteiger partial charge < -0.3 is 24.9 Å². The van der Waals surface area contributed by atoms with Crippen molar-refractivity contribution in [3.63, 3.8) is 0 Å². The molecule has 1 fully saturated rings. The Kier molecular flexibility index (Phi) is 6.34. The smallest absolute Gasteiger partial charge is 0.181 e. The molecular weight excluding hydrogens is 533 g/mol. The molecule has 0 spiro atoms. The number of nitrogens with two attached hydrogens (primary N) is 1. The number of halogens is 3. The number of nitrogens with zero attached hydrogens (tertiary/aromatic N) is 4. The van der Waals surface area contributed by atoms with Gasteiger partial charge >= 0.3 is 0 Å². The molecule has 4 aromatic rings. The molecule has 1 saturated carbocycles. The second kappa shape index (κ2) is 9.72. The van der Waals surface area contributed by atoms with Gasteiger partial charge in [-0.2, -0.15) is 0 Å². The molecule has 202 valence electrons. The Morgan fingerprint density at radius 3 is 2.87 bits per heavy atom. The Morgan fingerprint density at radius 1 is 1.23 bits per heavy atom.